The summed E-state index contributed by atoms with van der Waals surface area (Å²) in [7, 11) is 1.65. The molecular weight excluding hydrogens is 302 g/mol. The van der Waals surface area contributed by atoms with Crippen LogP contribution in [0.4, 0.5) is 0 Å². The number of piperazine rings is 1. The van der Waals surface area contributed by atoms with Crippen molar-refractivity contribution < 1.29 is 9.53 Å². The second kappa shape index (κ2) is 7.11. The highest BCUT2D eigenvalue weighted by molar-refractivity contribution is 5.94. The molecule has 2 aliphatic heterocycles. The summed E-state index contributed by atoms with van der Waals surface area (Å²) in [6, 6.07) is 5.71. The van der Waals surface area contributed by atoms with Gasteiger partial charge in [0.15, 0.2) is 0 Å². The maximum Gasteiger partial charge on any atom is 0.254 e. The second-order valence-corrected chi connectivity index (χ2v) is 7.49. The van der Waals surface area contributed by atoms with E-state index >= 15 is 0 Å². The fourth-order valence-electron chi connectivity index (χ4n) is 3.79. The van der Waals surface area contributed by atoms with Crippen molar-refractivity contribution in [1.29, 1.82) is 0 Å². The molecule has 1 amide bonds. The summed E-state index contributed by atoms with van der Waals surface area (Å²) in [5.41, 5.74) is 2.16. The third-order valence-corrected chi connectivity index (χ3v) is 5.38. The van der Waals surface area contributed by atoms with Gasteiger partial charge in [0.05, 0.1) is 7.11 Å². The summed E-state index contributed by atoms with van der Waals surface area (Å²) in [5.74, 6) is 0.892. The van der Waals surface area contributed by atoms with Gasteiger partial charge in [0.25, 0.3) is 5.91 Å². The molecule has 0 radical (unpaired) electrons. The summed E-state index contributed by atoms with van der Waals surface area (Å²) >= 11 is 0. The lowest BCUT2D eigenvalue weighted by Gasteiger charge is -2.38. The molecule has 1 aromatic carbocycles. The molecule has 1 aromatic rings. The van der Waals surface area contributed by atoms with E-state index in [1.54, 1.807) is 7.11 Å². The predicted molar refractivity (Wildman–Crippen MR) is 95.7 cm³/mol. The SMILES string of the molecule is COc1cc(C(=O)N2CCN(CC3(C)CCNC3)CC2)ccc1C. The molecule has 0 aromatic heterocycles. The van der Waals surface area contributed by atoms with E-state index in [4.69, 9.17) is 4.74 Å². The van der Waals surface area contributed by atoms with Crippen LogP contribution in [0.25, 0.3) is 0 Å². The Morgan fingerprint density at radius 3 is 2.67 bits per heavy atom. The second-order valence-electron chi connectivity index (χ2n) is 7.49. The molecular formula is C19H29N3O2. The fourth-order valence-corrected chi connectivity index (χ4v) is 3.79. The summed E-state index contributed by atoms with van der Waals surface area (Å²) in [6.45, 7) is 11.2. The monoisotopic (exact) mass is 331 g/mol. The van der Waals surface area contributed by atoms with E-state index < -0.39 is 0 Å². The number of nitrogens with zero attached hydrogens (tertiary/aromatic N) is 2. The van der Waals surface area contributed by atoms with Crippen molar-refractivity contribution in [2.24, 2.45) is 5.41 Å². The number of amides is 1. The van der Waals surface area contributed by atoms with Gasteiger partial charge < -0.3 is 15.0 Å². The average molecular weight is 331 g/mol. The van der Waals surface area contributed by atoms with Crippen molar-refractivity contribution in [2.75, 3.05) is 52.9 Å². The average Bonchev–Trinajstić information content (AvgIpc) is 3.01. The van der Waals surface area contributed by atoms with E-state index in [1.165, 1.54) is 6.42 Å². The fraction of sp³-hybridized carbons (Fsp3) is 0.632. The number of carbonyl (C=O) groups is 1. The molecule has 24 heavy (non-hydrogen) atoms. The minimum atomic E-state index is 0.113. The van der Waals surface area contributed by atoms with Crippen LogP contribution in [0.2, 0.25) is 0 Å². The molecule has 0 aliphatic carbocycles. The molecule has 2 fully saturated rings. The Labute approximate surface area is 145 Å². The topological polar surface area (TPSA) is 44.8 Å². The van der Waals surface area contributed by atoms with E-state index in [9.17, 15) is 4.79 Å². The Hall–Kier alpha value is -1.59. The molecule has 2 saturated heterocycles. The predicted octanol–water partition coefficient (Wildman–Crippen LogP) is 1.76. The minimum absolute atomic E-state index is 0.113. The first-order valence-electron chi connectivity index (χ1n) is 8.88. The van der Waals surface area contributed by atoms with Gasteiger partial charge >= 0.3 is 0 Å². The van der Waals surface area contributed by atoms with Gasteiger partial charge in [0.1, 0.15) is 5.75 Å². The lowest BCUT2D eigenvalue weighted by atomic mass is 9.89. The molecule has 5 heteroatoms. The number of hydrogen-bond donors (Lipinski definition) is 1. The van der Waals surface area contributed by atoms with Gasteiger partial charge in [-0.25, -0.2) is 0 Å². The number of aryl methyl sites for hydroxylation is 1. The minimum Gasteiger partial charge on any atom is -0.496 e. The van der Waals surface area contributed by atoms with Crippen LogP contribution in [0.1, 0.15) is 29.3 Å². The first-order valence-corrected chi connectivity index (χ1v) is 8.88. The van der Waals surface area contributed by atoms with E-state index in [2.05, 4.69) is 17.1 Å². The number of hydrogen-bond acceptors (Lipinski definition) is 4. The Kier molecular flexibility index (Phi) is 5.11. The third kappa shape index (κ3) is 3.73. The van der Waals surface area contributed by atoms with Crippen LogP contribution < -0.4 is 10.1 Å². The summed E-state index contributed by atoms with van der Waals surface area (Å²) in [5, 5.41) is 3.46. The van der Waals surface area contributed by atoms with Crippen LogP contribution in [0.3, 0.4) is 0 Å². The third-order valence-electron chi connectivity index (χ3n) is 5.38. The highest BCUT2D eigenvalue weighted by atomic mass is 16.5. The quantitative estimate of drug-likeness (QED) is 0.913. The number of nitrogens with one attached hydrogen (secondary N) is 1. The molecule has 1 N–H and O–H groups in total. The van der Waals surface area contributed by atoms with Crippen molar-refractivity contribution in [3.8, 4) is 5.75 Å². The highest BCUT2D eigenvalue weighted by Crippen LogP contribution is 2.26. The van der Waals surface area contributed by atoms with Crippen LogP contribution in [0.5, 0.6) is 5.75 Å². The summed E-state index contributed by atoms with van der Waals surface area (Å²) in [4.78, 5) is 17.2. The largest absolute Gasteiger partial charge is 0.496 e. The maximum atomic E-state index is 12.7. The van der Waals surface area contributed by atoms with Crippen molar-refractivity contribution in [3.05, 3.63) is 29.3 Å². The first-order chi connectivity index (χ1) is 11.5. The van der Waals surface area contributed by atoms with E-state index in [-0.39, 0.29) is 5.91 Å². The van der Waals surface area contributed by atoms with Crippen molar-refractivity contribution in [2.45, 2.75) is 20.3 Å². The lowest BCUT2D eigenvalue weighted by Crippen LogP contribution is -2.51. The molecule has 2 heterocycles. The summed E-state index contributed by atoms with van der Waals surface area (Å²) < 4.78 is 5.34. The number of benzene rings is 1. The molecule has 5 nitrogen and oxygen atoms in total. The van der Waals surface area contributed by atoms with E-state index in [0.29, 0.717) is 5.41 Å². The molecule has 2 aliphatic rings. The van der Waals surface area contributed by atoms with Gasteiger partial charge in [-0.2, -0.15) is 0 Å². The summed E-state index contributed by atoms with van der Waals surface area (Å²) in [6.07, 6.45) is 1.25. The van der Waals surface area contributed by atoms with Gasteiger partial charge in [0.2, 0.25) is 0 Å². The van der Waals surface area contributed by atoms with Crippen LogP contribution in [0, 0.1) is 12.3 Å². The molecule has 132 valence electrons. The van der Waals surface area contributed by atoms with E-state index in [1.807, 2.05) is 30.0 Å². The Bertz CT molecular complexity index is 588. The van der Waals surface area contributed by atoms with Gasteiger partial charge in [-0.1, -0.05) is 13.0 Å². The van der Waals surface area contributed by atoms with Gasteiger partial charge in [-0.3, -0.25) is 9.69 Å². The Morgan fingerprint density at radius 2 is 2.04 bits per heavy atom. The van der Waals surface area contributed by atoms with Crippen molar-refractivity contribution in [3.63, 3.8) is 0 Å². The molecule has 0 saturated carbocycles. The normalized spacial score (nSPS) is 25.0. The molecule has 1 atom stereocenters. The number of ether oxygens (including phenoxy) is 1. The first kappa shape index (κ1) is 17.2. The van der Waals surface area contributed by atoms with Gasteiger partial charge in [-0.15, -0.1) is 0 Å². The maximum absolute atomic E-state index is 12.7. The molecule has 0 spiro atoms. The molecule has 0 bridgehead atoms. The molecule has 3 rings (SSSR count). The zero-order chi connectivity index (χ0) is 17.2. The zero-order valence-corrected chi connectivity index (χ0v) is 15.1. The molecule has 1 unspecified atom stereocenters. The van der Waals surface area contributed by atoms with Crippen LogP contribution in [0.15, 0.2) is 18.2 Å². The van der Waals surface area contributed by atoms with Crippen LogP contribution in [-0.2, 0) is 0 Å². The number of rotatable bonds is 4. The highest BCUT2D eigenvalue weighted by Gasteiger charge is 2.32. The number of methoxy groups -OCH3 is 1. The van der Waals surface area contributed by atoms with Crippen molar-refractivity contribution in [1.82, 2.24) is 15.1 Å². The van der Waals surface area contributed by atoms with Gasteiger partial charge in [-0.05, 0) is 43.0 Å². The Morgan fingerprint density at radius 1 is 1.29 bits per heavy atom. The number of carbonyl (C=O) groups excluding carboxylic acids is 1. The van der Waals surface area contributed by atoms with E-state index in [0.717, 1.165) is 62.7 Å². The standard InChI is InChI=1S/C19H29N3O2/c1-15-4-5-16(12-17(15)24-3)18(23)22-10-8-21(9-11-22)14-19(2)6-7-20-13-19/h4-5,12,20H,6-11,13-14H2,1-3H3. The smallest absolute Gasteiger partial charge is 0.254 e. The van der Waals surface area contributed by atoms with Crippen LogP contribution in [-0.4, -0.2) is 68.6 Å². The Balaban J connectivity index is 1.57. The zero-order valence-electron chi connectivity index (χ0n) is 15.1. The van der Waals surface area contributed by atoms with Crippen molar-refractivity contribution >= 4 is 5.91 Å². The van der Waals surface area contributed by atoms with Crippen LogP contribution >= 0.6 is 0 Å². The van der Waals surface area contributed by atoms with Gasteiger partial charge in [0, 0.05) is 44.8 Å². The lowest BCUT2D eigenvalue weighted by molar-refractivity contribution is 0.0581.